The van der Waals surface area contributed by atoms with Gasteiger partial charge >= 0.3 is 0 Å². The summed E-state index contributed by atoms with van der Waals surface area (Å²) in [5, 5.41) is 0.852. The minimum Gasteiger partial charge on any atom is -0.219 e. The van der Waals surface area contributed by atoms with Gasteiger partial charge in [0.05, 0.1) is 14.7 Å². The van der Waals surface area contributed by atoms with E-state index in [0.29, 0.717) is 0 Å². The predicted octanol–water partition coefficient (Wildman–Crippen LogP) is 2.96. The third-order valence-corrected chi connectivity index (χ3v) is 6.05. The lowest BCUT2D eigenvalue weighted by atomic mass is 10.4. The van der Waals surface area contributed by atoms with Crippen LogP contribution in [0.15, 0.2) is 93.4 Å². The second kappa shape index (κ2) is 6.29. The number of allylic oxidation sites excluding steroid dienone is 1. The van der Waals surface area contributed by atoms with Crippen molar-refractivity contribution in [3.05, 3.63) is 83.6 Å². The Kier molecular flexibility index (Phi) is 4.63. The van der Waals surface area contributed by atoms with E-state index in [4.69, 9.17) is 0 Å². The van der Waals surface area contributed by atoms with Crippen molar-refractivity contribution in [2.75, 3.05) is 0 Å². The van der Waals surface area contributed by atoms with Crippen LogP contribution in [0.3, 0.4) is 0 Å². The molecule has 0 aromatic heterocycles. The zero-order valence-corrected chi connectivity index (χ0v) is 13.2. The lowest BCUT2D eigenvalue weighted by Gasteiger charge is -2.04. The molecule has 2 rings (SSSR count). The van der Waals surface area contributed by atoms with E-state index in [1.165, 1.54) is 24.3 Å². The van der Waals surface area contributed by atoms with Crippen LogP contribution in [0.25, 0.3) is 0 Å². The first kappa shape index (κ1) is 16.2. The standard InChI is InChI=1S/C16H14O4S2/c1-14(22(19,20)16-10-6-3-7-11-16)12-13-21(17,18)15-8-4-2-5-9-15/h2-13H,1H2/b13-12+. The van der Waals surface area contributed by atoms with Gasteiger partial charge < -0.3 is 0 Å². The van der Waals surface area contributed by atoms with Crippen molar-refractivity contribution in [1.82, 2.24) is 0 Å². The molecule has 0 saturated carbocycles. The Morgan fingerprint density at radius 3 is 1.73 bits per heavy atom. The molecule has 22 heavy (non-hydrogen) atoms. The molecule has 0 radical (unpaired) electrons. The van der Waals surface area contributed by atoms with Crippen LogP contribution >= 0.6 is 0 Å². The zero-order chi connectivity index (χ0) is 16.2. The van der Waals surface area contributed by atoms with Crippen molar-refractivity contribution in [3.63, 3.8) is 0 Å². The van der Waals surface area contributed by atoms with Gasteiger partial charge in [-0.2, -0.15) is 0 Å². The molecule has 0 aliphatic heterocycles. The molecule has 0 N–H and O–H groups in total. The molecule has 0 fully saturated rings. The summed E-state index contributed by atoms with van der Waals surface area (Å²) >= 11 is 0. The van der Waals surface area contributed by atoms with Crippen LogP contribution in [-0.4, -0.2) is 16.8 Å². The minimum absolute atomic E-state index is 0.0711. The van der Waals surface area contributed by atoms with E-state index < -0.39 is 19.7 Å². The number of hydrogen-bond acceptors (Lipinski definition) is 4. The first-order chi connectivity index (χ1) is 10.3. The monoisotopic (exact) mass is 334 g/mol. The Morgan fingerprint density at radius 2 is 1.23 bits per heavy atom. The molecule has 0 spiro atoms. The number of rotatable bonds is 5. The lowest BCUT2D eigenvalue weighted by molar-refractivity contribution is 0.603. The predicted molar refractivity (Wildman–Crippen MR) is 85.5 cm³/mol. The average molecular weight is 334 g/mol. The molecule has 4 nitrogen and oxygen atoms in total. The van der Waals surface area contributed by atoms with Crippen molar-refractivity contribution in [2.45, 2.75) is 9.79 Å². The van der Waals surface area contributed by atoms with Crippen LogP contribution in [0.1, 0.15) is 0 Å². The first-order valence-electron chi connectivity index (χ1n) is 6.31. The number of hydrogen-bond donors (Lipinski definition) is 0. The van der Waals surface area contributed by atoms with Crippen molar-refractivity contribution in [3.8, 4) is 0 Å². The van der Waals surface area contributed by atoms with Crippen LogP contribution in [0.2, 0.25) is 0 Å². The van der Waals surface area contributed by atoms with Gasteiger partial charge in [-0.05, 0) is 30.3 Å². The zero-order valence-electron chi connectivity index (χ0n) is 11.6. The van der Waals surface area contributed by atoms with Crippen molar-refractivity contribution in [1.29, 1.82) is 0 Å². The fraction of sp³-hybridized carbons (Fsp3) is 0. The Bertz CT molecular complexity index is 895. The maximum Gasteiger partial charge on any atom is 0.206 e. The molecule has 0 bridgehead atoms. The molecule has 2 aromatic carbocycles. The fourth-order valence-electron chi connectivity index (χ4n) is 1.69. The highest BCUT2D eigenvalue weighted by Gasteiger charge is 2.17. The van der Waals surface area contributed by atoms with Gasteiger partial charge in [0.15, 0.2) is 9.84 Å². The third-order valence-electron chi connectivity index (χ3n) is 2.90. The van der Waals surface area contributed by atoms with Gasteiger partial charge in [-0.25, -0.2) is 16.8 Å². The third kappa shape index (κ3) is 3.52. The van der Waals surface area contributed by atoms with Crippen LogP contribution in [0.4, 0.5) is 0 Å². The quantitative estimate of drug-likeness (QED) is 0.788. The lowest BCUT2D eigenvalue weighted by Crippen LogP contribution is -2.03. The molecule has 0 unspecified atom stereocenters. The van der Waals surface area contributed by atoms with Gasteiger partial charge in [0.1, 0.15) is 0 Å². The molecule has 0 aliphatic rings. The SMILES string of the molecule is C=C(/C=C/S(=O)(=O)c1ccccc1)S(=O)(=O)c1ccccc1. The molecule has 2 aromatic rings. The summed E-state index contributed by atoms with van der Waals surface area (Å²) in [6, 6.07) is 15.5. The molecule has 0 atom stereocenters. The van der Waals surface area contributed by atoms with E-state index in [1.807, 2.05) is 0 Å². The average Bonchev–Trinajstić information content (AvgIpc) is 2.54. The van der Waals surface area contributed by atoms with E-state index >= 15 is 0 Å². The van der Waals surface area contributed by atoms with E-state index in [-0.39, 0.29) is 14.7 Å². The fourth-order valence-corrected chi connectivity index (χ4v) is 3.88. The maximum atomic E-state index is 12.2. The van der Waals surface area contributed by atoms with Gasteiger partial charge in [-0.15, -0.1) is 0 Å². The summed E-state index contributed by atoms with van der Waals surface area (Å²) in [5.74, 6) is 0. The Morgan fingerprint density at radius 1 is 0.773 bits per heavy atom. The summed E-state index contributed by atoms with van der Waals surface area (Å²) in [7, 11) is -7.49. The van der Waals surface area contributed by atoms with Gasteiger partial charge in [-0.3, -0.25) is 0 Å². The molecule has 0 amide bonds. The maximum absolute atomic E-state index is 12.2. The summed E-state index contributed by atoms with van der Waals surface area (Å²) < 4.78 is 48.6. The molecule has 114 valence electrons. The van der Waals surface area contributed by atoms with E-state index in [2.05, 4.69) is 6.58 Å². The summed E-state index contributed by atoms with van der Waals surface area (Å²) in [5.41, 5.74) is 0. The van der Waals surface area contributed by atoms with Crippen LogP contribution in [0, 0.1) is 0 Å². The molecule has 0 aliphatic carbocycles. The molecular weight excluding hydrogens is 320 g/mol. The smallest absolute Gasteiger partial charge is 0.206 e. The molecule has 6 heteroatoms. The minimum atomic E-state index is -3.79. The normalized spacial score (nSPS) is 12.4. The van der Waals surface area contributed by atoms with E-state index in [9.17, 15) is 16.8 Å². The molecule has 0 saturated heterocycles. The Hall–Kier alpha value is -2.18. The van der Waals surface area contributed by atoms with E-state index in [0.717, 1.165) is 11.5 Å². The number of benzene rings is 2. The second-order valence-electron chi connectivity index (χ2n) is 4.44. The summed E-state index contributed by atoms with van der Waals surface area (Å²) in [6.07, 6.45) is 1.00. The van der Waals surface area contributed by atoms with Gasteiger partial charge in [0, 0.05) is 5.41 Å². The topological polar surface area (TPSA) is 68.3 Å². The highest BCUT2D eigenvalue weighted by Crippen LogP contribution is 2.20. The molecule has 0 heterocycles. The molecular formula is C16H14O4S2. The van der Waals surface area contributed by atoms with Crippen LogP contribution in [0.5, 0.6) is 0 Å². The van der Waals surface area contributed by atoms with Gasteiger partial charge in [-0.1, -0.05) is 43.0 Å². The highest BCUT2D eigenvalue weighted by atomic mass is 32.2. The summed E-state index contributed by atoms with van der Waals surface area (Å²) in [6.45, 7) is 3.46. The first-order valence-corrected chi connectivity index (χ1v) is 9.34. The second-order valence-corrected chi connectivity index (χ2v) is 8.28. The van der Waals surface area contributed by atoms with E-state index in [1.54, 1.807) is 36.4 Å². The van der Waals surface area contributed by atoms with Crippen LogP contribution < -0.4 is 0 Å². The van der Waals surface area contributed by atoms with Gasteiger partial charge in [0.25, 0.3) is 0 Å². The Labute approximate surface area is 130 Å². The van der Waals surface area contributed by atoms with Crippen molar-refractivity contribution >= 4 is 19.7 Å². The largest absolute Gasteiger partial charge is 0.219 e. The number of sulfone groups is 2. The van der Waals surface area contributed by atoms with Crippen LogP contribution in [-0.2, 0) is 19.7 Å². The highest BCUT2D eigenvalue weighted by molar-refractivity contribution is 7.96. The van der Waals surface area contributed by atoms with Gasteiger partial charge in [0.2, 0.25) is 9.84 Å². The summed E-state index contributed by atoms with van der Waals surface area (Å²) in [4.78, 5) is -0.115. The van der Waals surface area contributed by atoms with Crippen molar-refractivity contribution in [2.24, 2.45) is 0 Å². The Balaban J connectivity index is 2.29. The van der Waals surface area contributed by atoms with Crippen molar-refractivity contribution < 1.29 is 16.8 Å².